The maximum absolute atomic E-state index is 10.9. The second kappa shape index (κ2) is 4.76. The fourth-order valence-electron chi connectivity index (χ4n) is 1.89. The first-order valence-corrected chi connectivity index (χ1v) is 5.45. The number of nitrogens with zero attached hydrogens (tertiary/aromatic N) is 3. The maximum Gasteiger partial charge on any atom is 0.156 e. The van der Waals surface area contributed by atoms with Crippen LogP contribution < -0.4 is 4.90 Å². The molecule has 0 aromatic carbocycles. The number of halogens is 1. The lowest BCUT2D eigenvalue weighted by molar-refractivity contribution is 0.112. The van der Waals surface area contributed by atoms with Gasteiger partial charge >= 0.3 is 0 Å². The Labute approximate surface area is 98.1 Å². The lowest BCUT2D eigenvalue weighted by Gasteiger charge is -2.18. The van der Waals surface area contributed by atoms with Crippen LogP contribution in [0.5, 0.6) is 0 Å². The summed E-state index contributed by atoms with van der Waals surface area (Å²) in [5, 5.41) is 9.23. The topological polar surface area (TPSA) is 66.3 Å². The molecule has 6 heteroatoms. The molecule has 1 atom stereocenters. The van der Waals surface area contributed by atoms with Crippen molar-refractivity contribution in [2.75, 3.05) is 24.6 Å². The first kappa shape index (κ1) is 11.3. The van der Waals surface area contributed by atoms with E-state index in [0.29, 0.717) is 24.2 Å². The van der Waals surface area contributed by atoms with Crippen molar-refractivity contribution in [2.24, 2.45) is 5.92 Å². The molecule has 1 N–H and O–H groups in total. The number of anilines is 1. The van der Waals surface area contributed by atoms with Crippen molar-refractivity contribution >= 4 is 23.7 Å². The molecule has 0 amide bonds. The van der Waals surface area contributed by atoms with E-state index in [9.17, 15) is 4.79 Å². The second-order valence-corrected chi connectivity index (χ2v) is 4.16. The fraction of sp³-hybridized carbons (Fsp3) is 0.500. The standard InChI is InChI=1S/C10H12ClN3O2/c11-9-8(5-16)10(13-6-12-9)14-2-1-7(3-14)4-15/h5-7,15H,1-4H2. The highest BCUT2D eigenvalue weighted by Gasteiger charge is 2.25. The summed E-state index contributed by atoms with van der Waals surface area (Å²) in [5.74, 6) is 0.805. The van der Waals surface area contributed by atoms with Gasteiger partial charge in [0.05, 0.1) is 5.56 Å². The first-order chi connectivity index (χ1) is 7.76. The molecule has 86 valence electrons. The third kappa shape index (κ3) is 2.01. The zero-order valence-corrected chi connectivity index (χ0v) is 9.39. The van der Waals surface area contributed by atoms with Gasteiger partial charge in [0.2, 0.25) is 0 Å². The number of carbonyl (C=O) groups excluding carboxylic acids is 1. The van der Waals surface area contributed by atoms with Gasteiger partial charge in [0.25, 0.3) is 0 Å². The van der Waals surface area contributed by atoms with Crippen molar-refractivity contribution in [3.63, 3.8) is 0 Å². The Bertz CT molecular complexity index is 400. The van der Waals surface area contributed by atoms with Crippen molar-refractivity contribution in [3.8, 4) is 0 Å². The Morgan fingerprint density at radius 2 is 2.44 bits per heavy atom. The van der Waals surface area contributed by atoms with E-state index in [1.54, 1.807) is 0 Å². The van der Waals surface area contributed by atoms with Gasteiger partial charge in [0, 0.05) is 25.6 Å². The minimum Gasteiger partial charge on any atom is -0.396 e. The zero-order chi connectivity index (χ0) is 11.5. The third-order valence-electron chi connectivity index (χ3n) is 2.78. The van der Waals surface area contributed by atoms with E-state index in [-0.39, 0.29) is 17.7 Å². The van der Waals surface area contributed by atoms with Gasteiger partial charge < -0.3 is 10.0 Å². The van der Waals surface area contributed by atoms with Gasteiger partial charge in [0.1, 0.15) is 17.3 Å². The number of aliphatic hydroxyl groups is 1. The average Bonchev–Trinajstić information content (AvgIpc) is 2.77. The molecular weight excluding hydrogens is 230 g/mol. The van der Waals surface area contributed by atoms with Crippen LogP contribution in [-0.4, -0.2) is 41.1 Å². The van der Waals surface area contributed by atoms with Crippen LogP contribution in [-0.2, 0) is 0 Å². The summed E-state index contributed by atoms with van der Waals surface area (Å²) in [6.07, 6.45) is 2.91. The molecule has 5 nitrogen and oxygen atoms in total. The molecule has 0 aliphatic carbocycles. The number of aromatic nitrogens is 2. The Balaban J connectivity index is 2.27. The lowest BCUT2D eigenvalue weighted by Crippen LogP contribution is -2.23. The molecule has 1 fully saturated rings. The van der Waals surface area contributed by atoms with Gasteiger partial charge in [-0.15, -0.1) is 0 Å². The summed E-state index contributed by atoms with van der Waals surface area (Å²) in [7, 11) is 0. The van der Waals surface area contributed by atoms with Gasteiger partial charge in [-0.05, 0) is 6.42 Å². The number of hydrogen-bond acceptors (Lipinski definition) is 5. The van der Waals surface area contributed by atoms with Crippen molar-refractivity contribution < 1.29 is 9.90 Å². The number of carbonyl (C=O) groups is 1. The number of aldehydes is 1. The molecule has 0 bridgehead atoms. The largest absolute Gasteiger partial charge is 0.396 e. The smallest absolute Gasteiger partial charge is 0.156 e. The quantitative estimate of drug-likeness (QED) is 0.625. The zero-order valence-electron chi connectivity index (χ0n) is 8.64. The van der Waals surface area contributed by atoms with Gasteiger partial charge in [0.15, 0.2) is 6.29 Å². The molecule has 1 aromatic heterocycles. The maximum atomic E-state index is 10.9. The molecule has 1 aliphatic rings. The minimum absolute atomic E-state index is 0.158. The molecule has 1 aliphatic heterocycles. The number of aliphatic hydroxyl groups excluding tert-OH is 1. The summed E-state index contributed by atoms with van der Waals surface area (Å²) >= 11 is 5.82. The van der Waals surface area contributed by atoms with E-state index in [4.69, 9.17) is 16.7 Å². The van der Waals surface area contributed by atoms with Gasteiger partial charge in [-0.25, -0.2) is 9.97 Å². The Morgan fingerprint density at radius 1 is 1.62 bits per heavy atom. The SMILES string of the molecule is O=Cc1c(Cl)ncnc1N1CCC(CO)C1. The average molecular weight is 242 g/mol. The molecule has 0 radical (unpaired) electrons. The van der Waals surface area contributed by atoms with Crippen LogP contribution >= 0.6 is 11.6 Å². The fourth-order valence-corrected chi connectivity index (χ4v) is 2.07. The third-order valence-corrected chi connectivity index (χ3v) is 3.08. The minimum atomic E-state index is 0.158. The van der Waals surface area contributed by atoms with Crippen LogP contribution in [0.2, 0.25) is 5.15 Å². The van der Waals surface area contributed by atoms with E-state index >= 15 is 0 Å². The Kier molecular flexibility index (Phi) is 3.36. The molecule has 1 unspecified atom stereocenters. The van der Waals surface area contributed by atoms with Crippen LogP contribution in [0.25, 0.3) is 0 Å². The van der Waals surface area contributed by atoms with Gasteiger partial charge in [-0.3, -0.25) is 4.79 Å². The molecule has 0 spiro atoms. The Morgan fingerprint density at radius 3 is 3.06 bits per heavy atom. The summed E-state index contributed by atoms with van der Waals surface area (Å²) in [4.78, 5) is 20.7. The number of rotatable bonds is 3. The van der Waals surface area contributed by atoms with Crippen molar-refractivity contribution in [2.45, 2.75) is 6.42 Å². The van der Waals surface area contributed by atoms with Crippen LogP contribution in [0.15, 0.2) is 6.33 Å². The van der Waals surface area contributed by atoms with Crippen molar-refractivity contribution in [1.82, 2.24) is 9.97 Å². The van der Waals surface area contributed by atoms with Gasteiger partial charge in [-0.1, -0.05) is 11.6 Å². The van der Waals surface area contributed by atoms with Crippen LogP contribution in [0.4, 0.5) is 5.82 Å². The van der Waals surface area contributed by atoms with E-state index in [1.807, 2.05) is 4.90 Å². The molecule has 16 heavy (non-hydrogen) atoms. The van der Waals surface area contributed by atoms with Crippen LogP contribution in [0, 0.1) is 5.92 Å². The van der Waals surface area contributed by atoms with E-state index < -0.39 is 0 Å². The highest BCUT2D eigenvalue weighted by Crippen LogP contribution is 2.26. The summed E-state index contributed by atoms with van der Waals surface area (Å²) in [5.41, 5.74) is 0.322. The molecule has 2 heterocycles. The predicted molar refractivity (Wildman–Crippen MR) is 59.8 cm³/mol. The molecular formula is C10H12ClN3O2. The van der Waals surface area contributed by atoms with E-state index in [2.05, 4.69) is 9.97 Å². The normalized spacial score (nSPS) is 20.1. The molecule has 2 rings (SSSR count). The predicted octanol–water partition coefficient (Wildman–Crippen LogP) is 0.761. The van der Waals surface area contributed by atoms with Crippen LogP contribution in [0.3, 0.4) is 0 Å². The van der Waals surface area contributed by atoms with E-state index in [0.717, 1.165) is 13.0 Å². The number of hydrogen-bond donors (Lipinski definition) is 1. The molecule has 1 aromatic rings. The Hall–Kier alpha value is -1.20. The summed E-state index contributed by atoms with van der Waals surface area (Å²) in [6, 6.07) is 0. The second-order valence-electron chi connectivity index (χ2n) is 3.80. The highest BCUT2D eigenvalue weighted by atomic mass is 35.5. The summed E-state index contributed by atoms with van der Waals surface area (Å²) < 4.78 is 0. The van der Waals surface area contributed by atoms with E-state index in [1.165, 1.54) is 6.33 Å². The summed E-state index contributed by atoms with van der Waals surface area (Å²) in [6.45, 7) is 1.63. The van der Waals surface area contributed by atoms with Crippen molar-refractivity contribution in [3.05, 3.63) is 17.0 Å². The monoisotopic (exact) mass is 241 g/mol. The van der Waals surface area contributed by atoms with Crippen molar-refractivity contribution in [1.29, 1.82) is 0 Å². The first-order valence-electron chi connectivity index (χ1n) is 5.07. The van der Waals surface area contributed by atoms with Crippen LogP contribution in [0.1, 0.15) is 16.8 Å². The molecule has 1 saturated heterocycles. The van der Waals surface area contributed by atoms with Gasteiger partial charge in [-0.2, -0.15) is 0 Å². The molecule has 0 saturated carbocycles. The lowest BCUT2D eigenvalue weighted by atomic mass is 10.1. The highest BCUT2D eigenvalue weighted by molar-refractivity contribution is 6.32.